The van der Waals surface area contributed by atoms with E-state index in [-0.39, 0.29) is 38.8 Å². The highest BCUT2D eigenvalue weighted by Gasteiger charge is 2.45. The zero-order valence-corrected chi connectivity index (χ0v) is 17.5. The van der Waals surface area contributed by atoms with Crippen molar-refractivity contribution in [3.63, 3.8) is 0 Å². The Labute approximate surface area is 179 Å². The van der Waals surface area contributed by atoms with E-state index < -0.39 is 32.3 Å². The van der Waals surface area contributed by atoms with Gasteiger partial charge in [-0.2, -0.15) is 4.31 Å². The Bertz CT molecular complexity index is 1060. The summed E-state index contributed by atoms with van der Waals surface area (Å²) in [6.07, 6.45) is 0.526. The van der Waals surface area contributed by atoms with E-state index in [0.717, 1.165) is 10.4 Å². The Morgan fingerprint density at radius 2 is 1.65 bits per heavy atom. The third kappa shape index (κ3) is 4.47. The van der Waals surface area contributed by atoms with Gasteiger partial charge in [0.05, 0.1) is 26.3 Å². The number of carbonyl (C=O) groups excluding carboxylic acids is 1. The van der Waals surface area contributed by atoms with Crippen LogP contribution in [0.15, 0.2) is 53.4 Å². The number of rotatable bonds is 3. The highest BCUT2D eigenvalue weighted by atomic mass is 32.2. The molecule has 2 heterocycles. The summed E-state index contributed by atoms with van der Waals surface area (Å²) in [6.45, 7) is 0.519. The first-order valence-electron chi connectivity index (χ1n) is 9.88. The van der Waals surface area contributed by atoms with Gasteiger partial charge in [0.15, 0.2) is 5.79 Å². The minimum absolute atomic E-state index is 0.00744. The van der Waals surface area contributed by atoms with Crippen molar-refractivity contribution in [2.45, 2.75) is 17.1 Å². The quantitative estimate of drug-likeness (QED) is 0.714. The standard InChI is InChI=1S/C21H22F2N2O5S/c22-17-8-6-16(7-9-17)20(26)24-10-3-12-29-21(14-24)15-25(11-13-30-21)31(27,28)19-5-2-1-4-18(19)23/h1-2,4-9H,3,10-15H2. The van der Waals surface area contributed by atoms with Gasteiger partial charge in [0.1, 0.15) is 16.5 Å². The first-order valence-corrected chi connectivity index (χ1v) is 11.3. The van der Waals surface area contributed by atoms with Crippen molar-refractivity contribution in [3.8, 4) is 0 Å². The van der Waals surface area contributed by atoms with E-state index in [4.69, 9.17) is 9.47 Å². The van der Waals surface area contributed by atoms with Crippen molar-refractivity contribution >= 4 is 15.9 Å². The molecule has 2 saturated heterocycles. The average molecular weight is 452 g/mol. The second-order valence-corrected chi connectivity index (χ2v) is 9.37. The molecular weight excluding hydrogens is 430 g/mol. The molecule has 0 N–H and O–H groups in total. The van der Waals surface area contributed by atoms with E-state index in [1.807, 2.05) is 0 Å². The lowest BCUT2D eigenvalue weighted by atomic mass is 10.1. The van der Waals surface area contributed by atoms with Crippen LogP contribution in [-0.2, 0) is 19.5 Å². The fourth-order valence-corrected chi connectivity index (χ4v) is 5.31. The molecule has 0 aliphatic carbocycles. The third-order valence-electron chi connectivity index (χ3n) is 5.33. The maximum atomic E-state index is 14.2. The predicted molar refractivity (Wildman–Crippen MR) is 107 cm³/mol. The lowest BCUT2D eigenvalue weighted by Gasteiger charge is -2.42. The largest absolute Gasteiger partial charge is 0.347 e. The minimum Gasteiger partial charge on any atom is -0.347 e. The molecule has 4 rings (SSSR count). The maximum Gasteiger partial charge on any atom is 0.254 e. The molecule has 0 radical (unpaired) electrons. The van der Waals surface area contributed by atoms with Gasteiger partial charge >= 0.3 is 0 Å². The number of sulfonamides is 1. The highest BCUT2D eigenvalue weighted by molar-refractivity contribution is 7.89. The van der Waals surface area contributed by atoms with Crippen molar-refractivity contribution in [3.05, 3.63) is 65.7 Å². The fraction of sp³-hybridized carbons (Fsp3) is 0.381. The first kappa shape index (κ1) is 21.8. The molecule has 0 saturated carbocycles. The first-order chi connectivity index (χ1) is 14.8. The van der Waals surface area contributed by atoms with Crippen LogP contribution in [0.5, 0.6) is 0 Å². The second-order valence-electron chi connectivity index (χ2n) is 7.46. The molecule has 0 bridgehead atoms. The number of hydrogen-bond donors (Lipinski definition) is 0. The van der Waals surface area contributed by atoms with Crippen LogP contribution in [0, 0.1) is 11.6 Å². The Morgan fingerprint density at radius 3 is 2.39 bits per heavy atom. The van der Waals surface area contributed by atoms with Crippen LogP contribution in [0.3, 0.4) is 0 Å². The van der Waals surface area contributed by atoms with Crippen molar-refractivity contribution in [1.82, 2.24) is 9.21 Å². The van der Waals surface area contributed by atoms with Gasteiger partial charge in [-0.25, -0.2) is 17.2 Å². The summed E-state index contributed by atoms with van der Waals surface area (Å²) in [5, 5.41) is 0. The Hall–Kier alpha value is -2.40. The number of benzene rings is 2. The van der Waals surface area contributed by atoms with Crippen molar-refractivity contribution in [2.24, 2.45) is 0 Å². The summed E-state index contributed by atoms with van der Waals surface area (Å²) in [7, 11) is -4.12. The van der Waals surface area contributed by atoms with Crippen LogP contribution in [0.1, 0.15) is 16.8 Å². The predicted octanol–water partition coefficient (Wildman–Crippen LogP) is 2.24. The number of amides is 1. The Morgan fingerprint density at radius 1 is 0.935 bits per heavy atom. The van der Waals surface area contributed by atoms with Gasteiger partial charge in [-0.15, -0.1) is 0 Å². The van der Waals surface area contributed by atoms with Crippen LogP contribution in [0.2, 0.25) is 0 Å². The van der Waals surface area contributed by atoms with Crippen LogP contribution in [-0.4, -0.2) is 68.7 Å². The normalized spacial score (nSPS) is 23.0. The van der Waals surface area contributed by atoms with E-state index in [1.54, 1.807) is 0 Å². The number of carbonyl (C=O) groups is 1. The van der Waals surface area contributed by atoms with Gasteiger partial charge in [0.25, 0.3) is 5.91 Å². The Kier molecular flexibility index (Phi) is 6.07. The van der Waals surface area contributed by atoms with Crippen molar-refractivity contribution in [1.29, 1.82) is 0 Å². The number of nitrogens with zero attached hydrogens (tertiary/aromatic N) is 2. The summed E-state index contributed by atoms with van der Waals surface area (Å²) in [4.78, 5) is 14.0. The highest BCUT2D eigenvalue weighted by Crippen LogP contribution is 2.29. The molecule has 1 atom stereocenters. The molecule has 2 aromatic rings. The smallest absolute Gasteiger partial charge is 0.254 e. The summed E-state index contributed by atoms with van der Waals surface area (Å²) < 4.78 is 66.3. The van der Waals surface area contributed by atoms with Gasteiger partial charge < -0.3 is 14.4 Å². The maximum absolute atomic E-state index is 14.2. The topological polar surface area (TPSA) is 76.2 Å². The molecule has 7 nitrogen and oxygen atoms in total. The minimum atomic E-state index is -4.12. The fourth-order valence-electron chi connectivity index (χ4n) is 3.79. The lowest BCUT2D eigenvalue weighted by molar-refractivity contribution is -0.255. The van der Waals surface area contributed by atoms with Gasteiger partial charge in [-0.1, -0.05) is 12.1 Å². The van der Waals surface area contributed by atoms with Gasteiger partial charge in [0, 0.05) is 18.7 Å². The summed E-state index contributed by atoms with van der Waals surface area (Å²) >= 11 is 0. The summed E-state index contributed by atoms with van der Waals surface area (Å²) in [5.74, 6) is -2.99. The van der Waals surface area contributed by atoms with E-state index in [0.29, 0.717) is 18.5 Å². The second kappa shape index (κ2) is 8.62. The van der Waals surface area contributed by atoms with Crippen LogP contribution < -0.4 is 0 Å². The molecule has 2 aliphatic heterocycles. The summed E-state index contributed by atoms with van der Waals surface area (Å²) in [5.41, 5.74) is 0.310. The Balaban J connectivity index is 1.58. The molecular formula is C21H22F2N2O5S. The zero-order chi connectivity index (χ0) is 22.1. The van der Waals surface area contributed by atoms with Gasteiger partial charge in [-0.3, -0.25) is 4.79 Å². The molecule has 166 valence electrons. The monoisotopic (exact) mass is 452 g/mol. The molecule has 1 unspecified atom stereocenters. The van der Waals surface area contributed by atoms with E-state index in [1.165, 1.54) is 47.4 Å². The molecule has 1 amide bonds. The third-order valence-corrected chi connectivity index (χ3v) is 7.20. The van der Waals surface area contributed by atoms with Crippen molar-refractivity contribution in [2.75, 3.05) is 39.4 Å². The van der Waals surface area contributed by atoms with Gasteiger partial charge in [-0.05, 0) is 42.8 Å². The van der Waals surface area contributed by atoms with Crippen LogP contribution >= 0.6 is 0 Å². The molecule has 0 aromatic heterocycles. The molecule has 2 aliphatic rings. The number of hydrogen-bond acceptors (Lipinski definition) is 5. The number of morpholine rings is 1. The van der Waals surface area contributed by atoms with Crippen LogP contribution in [0.4, 0.5) is 8.78 Å². The lowest BCUT2D eigenvalue weighted by Crippen LogP contribution is -2.59. The summed E-state index contributed by atoms with van der Waals surface area (Å²) in [6, 6.07) is 10.4. The number of ether oxygens (including phenoxy) is 2. The molecule has 31 heavy (non-hydrogen) atoms. The number of halogens is 2. The van der Waals surface area contributed by atoms with Crippen LogP contribution in [0.25, 0.3) is 0 Å². The molecule has 2 aromatic carbocycles. The van der Waals surface area contributed by atoms with Gasteiger partial charge in [0.2, 0.25) is 10.0 Å². The molecule has 2 fully saturated rings. The average Bonchev–Trinajstić information content (AvgIpc) is 2.96. The van der Waals surface area contributed by atoms with E-state index in [9.17, 15) is 22.0 Å². The van der Waals surface area contributed by atoms with E-state index >= 15 is 0 Å². The zero-order valence-electron chi connectivity index (χ0n) is 16.7. The molecule has 1 spiro atoms. The molecule has 10 heteroatoms. The van der Waals surface area contributed by atoms with E-state index in [2.05, 4.69) is 0 Å². The SMILES string of the molecule is O=C(c1ccc(F)cc1)N1CCCOC2(C1)CN(S(=O)(=O)c1ccccc1F)CCO2. The van der Waals surface area contributed by atoms with Crippen molar-refractivity contribution < 1.29 is 31.5 Å².